The lowest BCUT2D eigenvalue weighted by atomic mass is 10.2. The van der Waals surface area contributed by atoms with E-state index in [1.165, 1.54) is 0 Å². The Morgan fingerprint density at radius 1 is 1.26 bits per heavy atom. The number of nitrogens with zero attached hydrogens (tertiary/aromatic N) is 2. The average Bonchev–Trinajstić information content (AvgIpc) is 3.05. The Kier molecular flexibility index (Phi) is 5.09. The number of carbonyl (C=O) groups is 3. The minimum atomic E-state index is -0.729. The number of para-hydroxylation sites is 2. The molecular weight excluding hydrogens is 366 g/mol. The first-order valence-electron chi connectivity index (χ1n) is 8.19. The molecule has 8 heteroatoms. The van der Waals surface area contributed by atoms with E-state index in [-0.39, 0.29) is 4.91 Å². The first-order valence-corrected chi connectivity index (χ1v) is 9.01. The highest BCUT2D eigenvalue weighted by Gasteiger charge is 2.36. The van der Waals surface area contributed by atoms with E-state index >= 15 is 0 Å². The minimum Gasteiger partial charge on any atom is -0.495 e. The van der Waals surface area contributed by atoms with E-state index in [1.807, 2.05) is 48.7 Å². The molecule has 1 aliphatic rings. The van der Waals surface area contributed by atoms with Gasteiger partial charge in [-0.2, -0.15) is 0 Å². The van der Waals surface area contributed by atoms with Crippen molar-refractivity contribution in [2.75, 3.05) is 13.7 Å². The zero-order valence-corrected chi connectivity index (χ0v) is 16.0. The fourth-order valence-corrected chi connectivity index (χ4v) is 3.88. The third-order valence-electron chi connectivity index (χ3n) is 4.27. The van der Waals surface area contributed by atoms with E-state index in [9.17, 15) is 14.4 Å². The van der Waals surface area contributed by atoms with Crippen molar-refractivity contribution >= 4 is 34.9 Å². The Balaban J connectivity index is 2.01. The summed E-state index contributed by atoms with van der Waals surface area (Å²) in [4.78, 5) is 36.6. The largest absolute Gasteiger partial charge is 0.495 e. The molecule has 3 amide bonds. The molecule has 1 aliphatic heterocycles. The Hall–Kier alpha value is -3.00. The van der Waals surface area contributed by atoms with Crippen molar-refractivity contribution in [3.63, 3.8) is 0 Å². The van der Waals surface area contributed by atoms with Crippen molar-refractivity contribution in [3.05, 3.63) is 52.2 Å². The van der Waals surface area contributed by atoms with E-state index in [2.05, 4.69) is 0 Å². The highest BCUT2D eigenvalue weighted by atomic mass is 32.2. The van der Waals surface area contributed by atoms with Crippen LogP contribution >= 0.6 is 11.8 Å². The van der Waals surface area contributed by atoms with Gasteiger partial charge in [0.25, 0.3) is 11.1 Å². The van der Waals surface area contributed by atoms with Gasteiger partial charge in [0.05, 0.1) is 17.7 Å². The van der Waals surface area contributed by atoms with Crippen LogP contribution in [0, 0.1) is 13.8 Å². The molecule has 2 N–H and O–H groups in total. The monoisotopic (exact) mass is 385 g/mol. The van der Waals surface area contributed by atoms with Crippen LogP contribution in [0.1, 0.15) is 17.0 Å². The molecule has 1 fully saturated rings. The van der Waals surface area contributed by atoms with Gasteiger partial charge in [-0.05, 0) is 55.4 Å². The number of primary amides is 1. The highest BCUT2D eigenvalue weighted by molar-refractivity contribution is 8.18. The van der Waals surface area contributed by atoms with Crippen LogP contribution in [-0.4, -0.2) is 40.2 Å². The molecule has 2 aromatic rings. The molecule has 7 nitrogen and oxygen atoms in total. The van der Waals surface area contributed by atoms with Crippen LogP contribution in [0.4, 0.5) is 4.79 Å². The van der Waals surface area contributed by atoms with Gasteiger partial charge in [-0.25, -0.2) is 0 Å². The number of hydrogen-bond acceptors (Lipinski definition) is 5. The SMILES string of the molecule is COc1ccccc1-n1c(C)cc(/C=C2\SC(=O)N(CC(N)=O)C2=O)c1C. The summed E-state index contributed by atoms with van der Waals surface area (Å²) in [6.45, 7) is 3.47. The number of aromatic nitrogens is 1. The van der Waals surface area contributed by atoms with E-state index in [4.69, 9.17) is 10.5 Å². The van der Waals surface area contributed by atoms with Crippen LogP contribution in [0.2, 0.25) is 0 Å². The minimum absolute atomic E-state index is 0.265. The maximum atomic E-state index is 12.4. The van der Waals surface area contributed by atoms with Crippen LogP contribution in [-0.2, 0) is 9.59 Å². The second kappa shape index (κ2) is 7.32. The van der Waals surface area contributed by atoms with Gasteiger partial charge >= 0.3 is 0 Å². The summed E-state index contributed by atoms with van der Waals surface area (Å²) in [7, 11) is 1.61. The topological polar surface area (TPSA) is 94.6 Å². The molecule has 3 rings (SSSR count). The van der Waals surface area contributed by atoms with E-state index in [1.54, 1.807) is 13.2 Å². The summed E-state index contributed by atoms with van der Waals surface area (Å²) in [5.74, 6) is -0.508. The molecule has 0 saturated carbocycles. The molecule has 2 heterocycles. The summed E-state index contributed by atoms with van der Waals surface area (Å²) >= 11 is 0.803. The number of hydrogen-bond donors (Lipinski definition) is 1. The molecule has 0 bridgehead atoms. The molecule has 1 aromatic carbocycles. The number of thioether (sulfide) groups is 1. The number of carbonyl (C=O) groups excluding carboxylic acids is 3. The Morgan fingerprint density at radius 3 is 2.63 bits per heavy atom. The van der Waals surface area contributed by atoms with Crippen molar-refractivity contribution < 1.29 is 19.1 Å². The number of methoxy groups -OCH3 is 1. The normalized spacial score (nSPS) is 15.7. The lowest BCUT2D eigenvalue weighted by Gasteiger charge is -2.13. The summed E-state index contributed by atoms with van der Waals surface area (Å²) in [6, 6.07) is 9.58. The van der Waals surface area contributed by atoms with Gasteiger partial charge in [0, 0.05) is 11.4 Å². The van der Waals surface area contributed by atoms with Crippen LogP contribution in [0.3, 0.4) is 0 Å². The maximum absolute atomic E-state index is 12.4. The number of ether oxygens (including phenoxy) is 1. The van der Waals surface area contributed by atoms with Crippen LogP contribution in [0.25, 0.3) is 11.8 Å². The predicted molar refractivity (Wildman–Crippen MR) is 104 cm³/mol. The summed E-state index contributed by atoms with van der Waals surface area (Å²) in [5, 5.41) is -0.497. The fraction of sp³-hybridized carbons (Fsp3) is 0.211. The molecule has 0 unspecified atom stereocenters. The van der Waals surface area contributed by atoms with Crippen molar-refractivity contribution in [3.8, 4) is 11.4 Å². The van der Waals surface area contributed by atoms with Crippen molar-refractivity contribution in [2.24, 2.45) is 5.73 Å². The van der Waals surface area contributed by atoms with E-state index in [0.29, 0.717) is 0 Å². The number of rotatable bonds is 5. The molecule has 1 aromatic heterocycles. The summed E-state index contributed by atoms with van der Waals surface area (Å²) in [5.41, 5.74) is 8.66. The second-order valence-electron chi connectivity index (χ2n) is 6.07. The lowest BCUT2D eigenvalue weighted by Crippen LogP contribution is -2.36. The second-order valence-corrected chi connectivity index (χ2v) is 7.06. The van der Waals surface area contributed by atoms with Crippen LogP contribution in [0.5, 0.6) is 5.75 Å². The van der Waals surface area contributed by atoms with Gasteiger partial charge in [-0.3, -0.25) is 19.3 Å². The summed E-state index contributed by atoms with van der Waals surface area (Å²) < 4.78 is 7.47. The van der Waals surface area contributed by atoms with Gasteiger partial charge in [0.1, 0.15) is 12.3 Å². The van der Waals surface area contributed by atoms with Crippen molar-refractivity contribution in [2.45, 2.75) is 13.8 Å². The molecule has 0 aliphatic carbocycles. The van der Waals surface area contributed by atoms with Gasteiger partial charge < -0.3 is 15.0 Å². The smallest absolute Gasteiger partial charge is 0.294 e. The molecule has 140 valence electrons. The standard InChI is InChI=1S/C19H19N3O4S/c1-11-8-13(9-16-18(24)21(10-17(20)23)19(25)27-16)12(2)22(11)14-6-4-5-7-15(14)26-3/h4-9H,10H2,1-3H3,(H2,20,23)/b16-9-. The van der Waals surface area contributed by atoms with Gasteiger partial charge in [-0.15, -0.1) is 0 Å². The third kappa shape index (κ3) is 3.48. The van der Waals surface area contributed by atoms with Crippen LogP contribution < -0.4 is 10.5 Å². The number of amides is 3. The number of imide groups is 1. The first kappa shape index (κ1) is 18.8. The predicted octanol–water partition coefficient (Wildman–Crippen LogP) is 2.62. The third-order valence-corrected chi connectivity index (χ3v) is 5.18. The zero-order valence-electron chi connectivity index (χ0n) is 15.2. The Labute approximate surface area is 160 Å². The molecule has 1 saturated heterocycles. The Morgan fingerprint density at radius 2 is 1.96 bits per heavy atom. The number of nitrogens with two attached hydrogens (primary N) is 1. The molecule has 0 spiro atoms. The first-order chi connectivity index (χ1) is 12.8. The molecule has 0 atom stereocenters. The zero-order chi connectivity index (χ0) is 19.7. The summed E-state index contributed by atoms with van der Waals surface area (Å²) in [6.07, 6.45) is 1.67. The lowest BCUT2D eigenvalue weighted by molar-refractivity contribution is -0.127. The van der Waals surface area contributed by atoms with Crippen molar-refractivity contribution in [1.29, 1.82) is 0 Å². The van der Waals surface area contributed by atoms with Gasteiger partial charge in [0.15, 0.2) is 0 Å². The highest BCUT2D eigenvalue weighted by Crippen LogP contribution is 2.34. The molecule has 27 heavy (non-hydrogen) atoms. The fourth-order valence-electron chi connectivity index (χ4n) is 3.05. The number of aryl methyl sites for hydroxylation is 1. The van der Waals surface area contributed by atoms with E-state index < -0.39 is 23.6 Å². The average molecular weight is 385 g/mol. The number of benzene rings is 1. The van der Waals surface area contributed by atoms with Gasteiger partial charge in [-0.1, -0.05) is 12.1 Å². The molecule has 0 radical (unpaired) electrons. The van der Waals surface area contributed by atoms with Crippen molar-refractivity contribution in [1.82, 2.24) is 9.47 Å². The maximum Gasteiger partial charge on any atom is 0.294 e. The molecular formula is C19H19N3O4S. The van der Waals surface area contributed by atoms with Gasteiger partial charge in [0.2, 0.25) is 5.91 Å². The van der Waals surface area contributed by atoms with Crippen LogP contribution in [0.15, 0.2) is 35.2 Å². The van der Waals surface area contributed by atoms with E-state index in [0.717, 1.165) is 45.1 Å². The quantitative estimate of drug-likeness (QED) is 0.799. The Bertz CT molecular complexity index is 977.